The van der Waals surface area contributed by atoms with Crippen molar-refractivity contribution in [3.63, 3.8) is 0 Å². The van der Waals surface area contributed by atoms with E-state index in [4.69, 9.17) is 16.3 Å². The first-order valence-electron chi connectivity index (χ1n) is 4.74. The number of ether oxygens (including phenoxy) is 1. The van der Waals surface area contributed by atoms with Crippen molar-refractivity contribution in [2.24, 2.45) is 0 Å². The molecule has 78 valence electrons. The zero-order valence-corrected chi connectivity index (χ0v) is 9.51. The highest BCUT2D eigenvalue weighted by atomic mass is 35.5. The zero-order valence-electron chi connectivity index (χ0n) is 8.75. The summed E-state index contributed by atoms with van der Waals surface area (Å²) >= 11 is 5.87. The Bertz CT molecular complexity index is 302. The molecule has 0 unspecified atom stereocenters. The standard InChI is InChI=1S/C10H15ClN2O/c1-4-14-6-10-12-8(7(2)3)5-9(11)13-10/h5,7H,4,6H2,1-3H3. The van der Waals surface area contributed by atoms with E-state index in [2.05, 4.69) is 23.8 Å². The van der Waals surface area contributed by atoms with Crippen LogP contribution in [0.5, 0.6) is 0 Å². The van der Waals surface area contributed by atoms with Gasteiger partial charge in [-0.05, 0) is 18.9 Å². The number of rotatable bonds is 4. The summed E-state index contributed by atoms with van der Waals surface area (Å²) in [6.45, 7) is 7.17. The van der Waals surface area contributed by atoms with Gasteiger partial charge in [0, 0.05) is 12.3 Å². The van der Waals surface area contributed by atoms with Gasteiger partial charge in [-0.3, -0.25) is 0 Å². The predicted molar refractivity (Wildman–Crippen MR) is 56.5 cm³/mol. The lowest BCUT2D eigenvalue weighted by Crippen LogP contribution is -2.03. The van der Waals surface area contributed by atoms with Crippen LogP contribution in [-0.4, -0.2) is 16.6 Å². The first kappa shape index (κ1) is 11.4. The van der Waals surface area contributed by atoms with Crippen molar-refractivity contribution in [2.75, 3.05) is 6.61 Å². The van der Waals surface area contributed by atoms with Crippen LogP contribution >= 0.6 is 11.6 Å². The summed E-state index contributed by atoms with van der Waals surface area (Å²) in [6, 6.07) is 1.79. The molecule has 1 aromatic rings. The fourth-order valence-electron chi connectivity index (χ4n) is 1.04. The summed E-state index contributed by atoms with van der Waals surface area (Å²) < 4.78 is 5.23. The van der Waals surface area contributed by atoms with Crippen molar-refractivity contribution in [2.45, 2.75) is 33.3 Å². The molecule has 0 N–H and O–H groups in total. The summed E-state index contributed by atoms with van der Waals surface area (Å²) in [7, 11) is 0. The number of hydrogen-bond acceptors (Lipinski definition) is 3. The van der Waals surface area contributed by atoms with Crippen molar-refractivity contribution >= 4 is 11.6 Å². The highest BCUT2D eigenvalue weighted by Gasteiger charge is 2.06. The second kappa shape index (κ2) is 5.27. The van der Waals surface area contributed by atoms with Crippen LogP contribution in [0.2, 0.25) is 5.15 Å². The molecule has 3 nitrogen and oxygen atoms in total. The summed E-state index contributed by atoms with van der Waals surface area (Å²) in [5.74, 6) is 1.01. The van der Waals surface area contributed by atoms with E-state index in [0.717, 1.165) is 5.69 Å². The lowest BCUT2D eigenvalue weighted by atomic mass is 10.1. The van der Waals surface area contributed by atoms with Crippen molar-refractivity contribution in [3.8, 4) is 0 Å². The molecule has 0 saturated carbocycles. The summed E-state index contributed by atoms with van der Waals surface area (Å²) in [4.78, 5) is 8.43. The Labute approximate surface area is 89.5 Å². The minimum Gasteiger partial charge on any atom is -0.374 e. The van der Waals surface area contributed by atoms with Gasteiger partial charge in [0.2, 0.25) is 0 Å². The van der Waals surface area contributed by atoms with Gasteiger partial charge in [0.1, 0.15) is 11.8 Å². The molecule has 0 radical (unpaired) electrons. The van der Waals surface area contributed by atoms with Gasteiger partial charge >= 0.3 is 0 Å². The van der Waals surface area contributed by atoms with Crippen LogP contribution in [0.15, 0.2) is 6.07 Å². The molecule has 0 aliphatic rings. The SMILES string of the molecule is CCOCc1nc(Cl)cc(C(C)C)n1. The molecule has 0 spiro atoms. The molecule has 0 saturated heterocycles. The van der Waals surface area contributed by atoms with Crippen LogP contribution in [0.4, 0.5) is 0 Å². The van der Waals surface area contributed by atoms with E-state index < -0.39 is 0 Å². The van der Waals surface area contributed by atoms with Crippen molar-refractivity contribution < 1.29 is 4.74 Å². The van der Waals surface area contributed by atoms with Gasteiger partial charge in [0.05, 0.1) is 0 Å². The highest BCUT2D eigenvalue weighted by molar-refractivity contribution is 6.29. The third kappa shape index (κ3) is 3.24. The average molecular weight is 215 g/mol. The normalized spacial score (nSPS) is 10.9. The lowest BCUT2D eigenvalue weighted by molar-refractivity contribution is 0.128. The maximum absolute atomic E-state index is 5.87. The molecule has 0 bridgehead atoms. The molecule has 1 aromatic heterocycles. The van der Waals surface area contributed by atoms with Crippen LogP contribution in [0.3, 0.4) is 0 Å². The molecule has 0 amide bonds. The Balaban J connectivity index is 2.84. The Morgan fingerprint density at radius 3 is 2.71 bits per heavy atom. The van der Waals surface area contributed by atoms with E-state index in [1.807, 2.05) is 6.92 Å². The lowest BCUT2D eigenvalue weighted by Gasteiger charge is -2.07. The molecule has 1 heterocycles. The maximum Gasteiger partial charge on any atom is 0.155 e. The molecular weight excluding hydrogens is 200 g/mol. The van der Waals surface area contributed by atoms with Gasteiger partial charge in [0.25, 0.3) is 0 Å². The molecule has 0 atom stereocenters. The van der Waals surface area contributed by atoms with Crippen LogP contribution in [0, 0.1) is 0 Å². The highest BCUT2D eigenvalue weighted by Crippen LogP contribution is 2.15. The Hall–Kier alpha value is -0.670. The third-order valence-corrected chi connectivity index (χ3v) is 1.98. The van der Waals surface area contributed by atoms with E-state index in [1.165, 1.54) is 0 Å². The Morgan fingerprint density at radius 2 is 2.14 bits per heavy atom. The van der Waals surface area contributed by atoms with Crippen molar-refractivity contribution in [1.82, 2.24) is 9.97 Å². The van der Waals surface area contributed by atoms with Crippen LogP contribution in [-0.2, 0) is 11.3 Å². The van der Waals surface area contributed by atoms with E-state index in [0.29, 0.717) is 30.1 Å². The smallest absolute Gasteiger partial charge is 0.155 e. The number of halogens is 1. The summed E-state index contributed by atoms with van der Waals surface area (Å²) in [6.07, 6.45) is 0. The number of aromatic nitrogens is 2. The van der Waals surface area contributed by atoms with E-state index in [1.54, 1.807) is 6.07 Å². The van der Waals surface area contributed by atoms with Gasteiger partial charge in [-0.2, -0.15) is 0 Å². The monoisotopic (exact) mass is 214 g/mol. The summed E-state index contributed by atoms with van der Waals surface area (Å²) in [5, 5.41) is 0.485. The van der Waals surface area contributed by atoms with E-state index in [-0.39, 0.29) is 0 Å². The number of nitrogens with zero attached hydrogens (tertiary/aromatic N) is 2. The van der Waals surface area contributed by atoms with Gasteiger partial charge in [-0.1, -0.05) is 25.4 Å². The molecular formula is C10H15ClN2O. The topological polar surface area (TPSA) is 35.0 Å². The zero-order chi connectivity index (χ0) is 10.6. The van der Waals surface area contributed by atoms with Crippen molar-refractivity contribution in [1.29, 1.82) is 0 Å². The van der Waals surface area contributed by atoms with Gasteiger partial charge < -0.3 is 4.74 Å². The second-order valence-electron chi connectivity index (χ2n) is 3.32. The molecule has 0 aliphatic carbocycles. The molecule has 0 aromatic carbocycles. The average Bonchev–Trinajstić information content (AvgIpc) is 2.14. The Kier molecular flexibility index (Phi) is 4.29. The van der Waals surface area contributed by atoms with Crippen LogP contribution < -0.4 is 0 Å². The van der Waals surface area contributed by atoms with Crippen LogP contribution in [0.1, 0.15) is 38.2 Å². The number of hydrogen-bond donors (Lipinski definition) is 0. The first-order chi connectivity index (χ1) is 6.63. The predicted octanol–water partition coefficient (Wildman–Crippen LogP) is 2.79. The molecule has 4 heteroatoms. The quantitative estimate of drug-likeness (QED) is 0.723. The van der Waals surface area contributed by atoms with E-state index in [9.17, 15) is 0 Å². The maximum atomic E-state index is 5.87. The van der Waals surface area contributed by atoms with Gasteiger partial charge in [-0.15, -0.1) is 0 Å². The second-order valence-corrected chi connectivity index (χ2v) is 3.71. The van der Waals surface area contributed by atoms with Gasteiger partial charge in [-0.25, -0.2) is 9.97 Å². The molecule has 14 heavy (non-hydrogen) atoms. The molecule has 1 rings (SSSR count). The summed E-state index contributed by atoms with van der Waals surface area (Å²) in [5.41, 5.74) is 0.958. The molecule has 0 fully saturated rings. The Morgan fingerprint density at radius 1 is 1.43 bits per heavy atom. The third-order valence-electron chi connectivity index (χ3n) is 1.79. The first-order valence-corrected chi connectivity index (χ1v) is 5.12. The minimum absolute atomic E-state index is 0.357. The largest absolute Gasteiger partial charge is 0.374 e. The van der Waals surface area contributed by atoms with Crippen molar-refractivity contribution in [3.05, 3.63) is 22.7 Å². The molecule has 0 aliphatic heterocycles. The fraction of sp³-hybridized carbons (Fsp3) is 0.600. The van der Waals surface area contributed by atoms with Gasteiger partial charge in [0.15, 0.2) is 5.82 Å². The van der Waals surface area contributed by atoms with E-state index >= 15 is 0 Å². The van der Waals surface area contributed by atoms with Crippen LogP contribution in [0.25, 0.3) is 0 Å². The fourth-order valence-corrected chi connectivity index (χ4v) is 1.25. The minimum atomic E-state index is 0.357.